The Labute approximate surface area is 124 Å². The van der Waals surface area contributed by atoms with Gasteiger partial charge in [0.05, 0.1) is 12.1 Å². The van der Waals surface area contributed by atoms with Gasteiger partial charge in [-0.15, -0.1) is 0 Å². The van der Waals surface area contributed by atoms with Crippen molar-refractivity contribution in [2.24, 2.45) is 0 Å². The Morgan fingerprint density at radius 2 is 1.90 bits per heavy atom. The predicted molar refractivity (Wildman–Crippen MR) is 86.9 cm³/mol. The SMILES string of the molecule is Cc1cc2c(ccc3cccnc32)cc1C(=O)CN(C)C. The van der Waals surface area contributed by atoms with Gasteiger partial charge in [0.25, 0.3) is 0 Å². The van der Waals surface area contributed by atoms with E-state index in [1.54, 1.807) is 0 Å². The van der Waals surface area contributed by atoms with Crippen LogP contribution in [0.3, 0.4) is 0 Å². The summed E-state index contributed by atoms with van der Waals surface area (Å²) < 4.78 is 0. The van der Waals surface area contributed by atoms with Crippen molar-refractivity contribution in [2.75, 3.05) is 20.6 Å². The number of carbonyl (C=O) groups is 1. The second kappa shape index (κ2) is 5.26. The van der Waals surface area contributed by atoms with Gasteiger partial charge in [-0.1, -0.05) is 18.2 Å². The van der Waals surface area contributed by atoms with Gasteiger partial charge in [0.2, 0.25) is 0 Å². The van der Waals surface area contributed by atoms with Crippen LogP contribution in [0.5, 0.6) is 0 Å². The first-order valence-electron chi connectivity index (χ1n) is 7.02. The zero-order chi connectivity index (χ0) is 15.0. The summed E-state index contributed by atoms with van der Waals surface area (Å²) in [5, 5.41) is 3.29. The van der Waals surface area contributed by atoms with Crippen LogP contribution in [0.15, 0.2) is 42.6 Å². The highest BCUT2D eigenvalue weighted by Gasteiger charge is 2.12. The van der Waals surface area contributed by atoms with Gasteiger partial charge < -0.3 is 4.90 Å². The number of Topliss-reactive ketones (excluding diaryl/α,β-unsaturated/α-hetero) is 1. The second-order valence-electron chi connectivity index (χ2n) is 5.69. The van der Waals surface area contributed by atoms with Crippen LogP contribution in [0.25, 0.3) is 21.7 Å². The molecule has 106 valence electrons. The molecule has 3 rings (SSSR count). The molecule has 3 aromatic rings. The lowest BCUT2D eigenvalue weighted by molar-refractivity contribution is 0.0957. The van der Waals surface area contributed by atoms with Crippen molar-refractivity contribution in [3.8, 4) is 0 Å². The van der Waals surface area contributed by atoms with Gasteiger partial charge in [-0.3, -0.25) is 9.78 Å². The van der Waals surface area contributed by atoms with Crippen molar-refractivity contribution >= 4 is 27.5 Å². The van der Waals surface area contributed by atoms with Crippen LogP contribution in [0.4, 0.5) is 0 Å². The van der Waals surface area contributed by atoms with Crippen LogP contribution >= 0.6 is 0 Å². The smallest absolute Gasteiger partial charge is 0.177 e. The van der Waals surface area contributed by atoms with E-state index in [2.05, 4.69) is 29.2 Å². The van der Waals surface area contributed by atoms with E-state index in [1.807, 2.05) is 44.2 Å². The highest BCUT2D eigenvalue weighted by Crippen LogP contribution is 2.26. The molecular formula is C18H18N2O. The summed E-state index contributed by atoms with van der Waals surface area (Å²) in [5.41, 5.74) is 2.80. The zero-order valence-electron chi connectivity index (χ0n) is 12.6. The molecule has 21 heavy (non-hydrogen) atoms. The summed E-state index contributed by atoms with van der Waals surface area (Å²) in [6, 6.07) is 12.2. The molecule has 0 atom stereocenters. The molecule has 1 aromatic heterocycles. The Morgan fingerprint density at radius 1 is 1.14 bits per heavy atom. The van der Waals surface area contributed by atoms with Gasteiger partial charge in [-0.25, -0.2) is 0 Å². The number of hydrogen-bond donors (Lipinski definition) is 0. The van der Waals surface area contributed by atoms with Gasteiger partial charge in [-0.05, 0) is 50.2 Å². The van der Waals surface area contributed by atoms with Crippen LogP contribution < -0.4 is 0 Å². The first-order valence-corrected chi connectivity index (χ1v) is 7.02. The molecule has 0 spiro atoms. The number of benzene rings is 2. The monoisotopic (exact) mass is 278 g/mol. The van der Waals surface area contributed by atoms with Crippen LogP contribution in [-0.4, -0.2) is 36.3 Å². The number of aryl methyl sites for hydroxylation is 1. The van der Waals surface area contributed by atoms with Crippen LogP contribution in [0.1, 0.15) is 15.9 Å². The topological polar surface area (TPSA) is 33.2 Å². The summed E-state index contributed by atoms with van der Waals surface area (Å²) in [5.74, 6) is 0.153. The molecule has 0 fully saturated rings. The Balaban J connectivity index is 2.21. The molecule has 0 aliphatic rings. The van der Waals surface area contributed by atoms with Gasteiger partial charge >= 0.3 is 0 Å². The van der Waals surface area contributed by atoms with Gasteiger partial charge in [0, 0.05) is 22.5 Å². The number of pyridine rings is 1. The third kappa shape index (κ3) is 2.52. The van der Waals surface area contributed by atoms with Gasteiger partial charge in [0.15, 0.2) is 5.78 Å². The fraction of sp³-hybridized carbons (Fsp3) is 0.222. The van der Waals surface area contributed by atoms with Crippen LogP contribution in [-0.2, 0) is 0 Å². The lowest BCUT2D eigenvalue weighted by atomic mass is 9.97. The van der Waals surface area contributed by atoms with Crippen LogP contribution in [0, 0.1) is 6.92 Å². The zero-order valence-corrected chi connectivity index (χ0v) is 12.6. The molecule has 0 saturated heterocycles. The molecule has 1 heterocycles. The quantitative estimate of drug-likeness (QED) is 0.543. The normalized spacial score (nSPS) is 11.4. The molecule has 3 nitrogen and oxygen atoms in total. The Hall–Kier alpha value is -2.26. The number of nitrogens with zero attached hydrogens (tertiary/aromatic N) is 2. The molecule has 0 amide bonds. The minimum absolute atomic E-state index is 0.153. The van der Waals surface area contributed by atoms with Gasteiger partial charge in [-0.2, -0.15) is 0 Å². The van der Waals surface area contributed by atoms with E-state index in [4.69, 9.17) is 0 Å². The number of rotatable bonds is 3. The number of fused-ring (bicyclic) bond motifs is 3. The van der Waals surface area contributed by atoms with E-state index < -0.39 is 0 Å². The second-order valence-corrected chi connectivity index (χ2v) is 5.69. The van der Waals surface area contributed by atoms with E-state index in [1.165, 1.54) is 0 Å². The highest BCUT2D eigenvalue weighted by molar-refractivity contribution is 6.09. The third-order valence-corrected chi connectivity index (χ3v) is 3.69. The predicted octanol–water partition coefficient (Wildman–Crippen LogP) is 3.44. The molecule has 0 N–H and O–H groups in total. The fourth-order valence-electron chi connectivity index (χ4n) is 2.70. The first kappa shape index (κ1) is 13.7. The van der Waals surface area contributed by atoms with E-state index in [0.29, 0.717) is 6.54 Å². The maximum Gasteiger partial charge on any atom is 0.177 e. The lowest BCUT2D eigenvalue weighted by Gasteiger charge is -2.12. The number of ketones is 1. The molecule has 0 aliphatic heterocycles. The molecule has 0 radical (unpaired) electrons. The molecule has 0 saturated carbocycles. The third-order valence-electron chi connectivity index (χ3n) is 3.69. The summed E-state index contributed by atoms with van der Waals surface area (Å²) in [6.45, 7) is 2.42. The number of carbonyl (C=O) groups excluding carboxylic acids is 1. The molecule has 2 aromatic carbocycles. The highest BCUT2D eigenvalue weighted by atomic mass is 16.1. The van der Waals surface area contributed by atoms with Crippen molar-refractivity contribution in [3.63, 3.8) is 0 Å². The standard InChI is InChI=1S/C18H18N2O/c1-12-9-16-14(10-15(12)17(21)11-20(2)3)7-6-13-5-4-8-19-18(13)16/h4-10H,11H2,1-3H3. The Bertz CT molecular complexity index is 837. The molecular weight excluding hydrogens is 260 g/mol. The number of aromatic nitrogens is 1. The summed E-state index contributed by atoms with van der Waals surface area (Å²) in [4.78, 5) is 18.7. The van der Waals surface area contributed by atoms with Crippen molar-refractivity contribution in [1.82, 2.24) is 9.88 Å². The maximum atomic E-state index is 12.3. The molecule has 0 unspecified atom stereocenters. The molecule has 3 heteroatoms. The number of likely N-dealkylation sites (N-methyl/N-ethyl adjacent to an activating group) is 1. The van der Waals surface area contributed by atoms with Crippen molar-refractivity contribution in [2.45, 2.75) is 6.92 Å². The Morgan fingerprint density at radius 3 is 2.67 bits per heavy atom. The van der Waals surface area contributed by atoms with Crippen LogP contribution in [0.2, 0.25) is 0 Å². The minimum atomic E-state index is 0.153. The Kier molecular flexibility index (Phi) is 3.43. The summed E-state index contributed by atoms with van der Waals surface area (Å²) in [7, 11) is 3.82. The van der Waals surface area contributed by atoms with Crippen molar-refractivity contribution in [3.05, 3.63) is 53.7 Å². The summed E-state index contributed by atoms with van der Waals surface area (Å²) in [6.07, 6.45) is 1.81. The lowest BCUT2D eigenvalue weighted by Crippen LogP contribution is -2.22. The van der Waals surface area contributed by atoms with Crippen molar-refractivity contribution < 1.29 is 4.79 Å². The average molecular weight is 278 g/mol. The van der Waals surface area contributed by atoms with Gasteiger partial charge in [0.1, 0.15) is 0 Å². The molecule has 0 aliphatic carbocycles. The van der Waals surface area contributed by atoms with E-state index in [9.17, 15) is 4.79 Å². The van der Waals surface area contributed by atoms with E-state index in [0.717, 1.165) is 32.8 Å². The fourth-order valence-corrected chi connectivity index (χ4v) is 2.70. The minimum Gasteiger partial charge on any atom is -0.302 e. The largest absolute Gasteiger partial charge is 0.302 e. The number of hydrogen-bond acceptors (Lipinski definition) is 3. The van der Waals surface area contributed by atoms with E-state index in [-0.39, 0.29) is 5.78 Å². The first-order chi connectivity index (χ1) is 10.1. The van der Waals surface area contributed by atoms with E-state index >= 15 is 0 Å². The summed E-state index contributed by atoms with van der Waals surface area (Å²) >= 11 is 0. The average Bonchev–Trinajstić information content (AvgIpc) is 2.45. The maximum absolute atomic E-state index is 12.3. The van der Waals surface area contributed by atoms with Crippen molar-refractivity contribution in [1.29, 1.82) is 0 Å². The molecule has 0 bridgehead atoms.